The molecule has 8 heteroatoms. The molecule has 0 radical (unpaired) electrons. The van der Waals surface area contributed by atoms with Gasteiger partial charge in [0.15, 0.2) is 14.6 Å². The Hall–Kier alpha value is -0.963. The standard InChI is InChI=1S/C31H58O7Si/c1-23(2)36-29(33)18-14-12-10-9-11-13-17-25-26(22-35-39(7,8)31(4,5)6)28(21-27(25)37-24(3)32)38-30-19-15-16-20-34-30/h23,25-28,30H,9-22H2,1-8H3. The van der Waals surface area contributed by atoms with Crippen LogP contribution in [0.25, 0.3) is 0 Å². The van der Waals surface area contributed by atoms with Crippen molar-refractivity contribution in [2.75, 3.05) is 13.2 Å². The quantitative estimate of drug-likeness (QED) is 0.108. The highest BCUT2D eigenvalue weighted by Gasteiger charge is 2.48. The van der Waals surface area contributed by atoms with E-state index in [4.69, 9.17) is 23.4 Å². The average Bonchev–Trinajstić information content (AvgIpc) is 3.13. The predicted octanol–water partition coefficient (Wildman–Crippen LogP) is 7.56. The molecule has 7 nitrogen and oxygen atoms in total. The van der Waals surface area contributed by atoms with Crippen LogP contribution in [0.4, 0.5) is 0 Å². The number of esters is 2. The topological polar surface area (TPSA) is 80.3 Å². The fourth-order valence-corrected chi connectivity index (χ4v) is 6.52. The number of carbonyl (C=O) groups excluding carboxylic acids is 2. The van der Waals surface area contributed by atoms with E-state index < -0.39 is 8.32 Å². The Labute approximate surface area is 239 Å². The molecule has 0 amide bonds. The van der Waals surface area contributed by atoms with E-state index in [1.165, 1.54) is 6.92 Å². The maximum Gasteiger partial charge on any atom is 0.306 e. The molecule has 2 fully saturated rings. The van der Waals surface area contributed by atoms with Crippen molar-refractivity contribution < 1.29 is 33.0 Å². The summed E-state index contributed by atoms with van der Waals surface area (Å²) in [4.78, 5) is 23.7. The third kappa shape index (κ3) is 12.2. The van der Waals surface area contributed by atoms with Crippen LogP contribution >= 0.6 is 0 Å². The van der Waals surface area contributed by atoms with Gasteiger partial charge < -0.3 is 23.4 Å². The first-order valence-corrected chi connectivity index (χ1v) is 18.5. The minimum absolute atomic E-state index is 0.0298. The highest BCUT2D eigenvalue weighted by Crippen LogP contribution is 2.43. The summed E-state index contributed by atoms with van der Waals surface area (Å²) in [7, 11) is -1.94. The number of carbonyl (C=O) groups is 2. The molecule has 0 bridgehead atoms. The summed E-state index contributed by atoms with van der Waals surface area (Å²) in [6.07, 6.45) is 11.4. The zero-order chi connectivity index (χ0) is 29.1. The van der Waals surface area contributed by atoms with Gasteiger partial charge in [0, 0.05) is 44.8 Å². The summed E-state index contributed by atoms with van der Waals surface area (Å²) in [5.74, 6) is 0.0859. The first-order valence-electron chi connectivity index (χ1n) is 15.6. The zero-order valence-electron chi connectivity index (χ0n) is 26.2. The van der Waals surface area contributed by atoms with Crippen LogP contribution in [-0.2, 0) is 33.0 Å². The van der Waals surface area contributed by atoms with Gasteiger partial charge in [0.1, 0.15) is 6.10 Å². The third-order valence-electron chi connectivity index (χ3n) is 8.73. The number of ether oxygens (including phenoxy) is 4. The lowest BCUT2D eigenvalue weighted by Gasteiger charge is -2.39. The summed E-state index contributed by atoms with van der Waals surface area (Å²) < 4.78 is 30.3. The van der Waals surface area contributed by atoms with Gasteiger partial charge in [-0.3, -0.25) is 9.59 Å². The van der Waals surface area contributed by atoms with Crippen molar-refractivity contribution in [2.45, 2.75) is 161 Å². The Balaban J connectivity index is 1.95. The van der Waals surface area contributed by atoms with Crippen molar-refractivity contribution in [3.05, 3.63) is 0 Å². The molecular formula is C31H58O7Si. The van der Waals surface area contributed by atoms with Gasteiger partial charge in [-0.15, -0.1) is 0 Å². The molecule has 5 unspecified atom stereocenters. The Morgan fingerprint density at radius 1 is 0.949 bits per heavy atom. The molecule has 1 aliphatic heterocycles. The third-order valence-corrected chi connectivity index (χ3v) is 13.2. The van der Waals surface area contributed by atoms with Crippen LogP contribution in [0.5, 0.6) is 0 Å². The molecule has 228 valence electrons. The molecule has 39 heavy (non-hydrogen) atoms. The van der Waals surface area contributed by atoms with Crippen LogP contribution < -0.4 is 0 Å². The molecule has 1 heterocycles. The second kappa shape index (κ2) is 16.5. The lowest BCUT2D eigenvalue weighted by Crippen LogP contribution is -2.44. The van der Waals surface area contributed by atoms with Crippen molar-refractivity contribution in [3.8, 4) is 0 Å². The Morgan fingerprint density at radius 2 is 1.62 bits per heavy atom. The van der Waals surface area contributed by atoms with Gasteiger partial charge in [0.2, 0.25) is 0 Å². The van der Waals surface area contributed by atoms with Crippen LogP contribution in [-0.4, -0.2) is 58.1 Å². The van der Waals surface area contributed by atoms with E-state index in [1.54, 1.807) is 0 Å². The minimum Gasteiger partial charge on any atom is -0.463 e. The summed E-state index contributed by atoms with van der Waals surface area (Å²) in [5, 5.41) is 0.130. The Bertz CT molecular complexity index is 727. The molecule has 2 aliphatic rings. The minimum atomic E-state index is -1.94. The number of hydrogen-bond acceptors (Lipinski definition) is 7. The largest absolute Gasteiger partial charge is 0.463 e. The normalized spacial score (nSPS) is 26.1. The number of unbranched alkanes of at least 4 members (excludes halogenated alkanes) is 5. The molecule has 5 atom stereocenters. The fourth-order valence-electron chi connectivity index (χ4n) is 5.48. The molecule has 0 aromatic rings. The van der Waals surface area contributed by atoms with Crippen molar-refractivity contribution in [1.29, 1.82) is 0 Å². The monoisotopic (exact) mass is 570 g/mol. The van der Waals surface area contributed by atoms with Gasteiger partial charge in [-0.2, -0.15) is 0 Å². The van der Waals surface area contributed by atoms with E-state index in [0.29, 0.717) is 19.4 Å². The molecule has 0 spiro atoms. The molecule has 0 N–H and O–H groups in total. The van der Waals surface area contributed by atoms with Crippen LogP contribution in [0.1, 0.15) is 119 Å². The maximum atomic E-state index is 12.0. The summed E-state index contributed by atoms with van der Waals surface area (Å²) >= 11 is 0. The van der Waals surface area contributed by atoms with Crippen molar-refractivity contribution in [2.24, 2.45) is 11.8 Å². The van der Waals surface area contributed by atoms with Gasteiger partial charge in [-0.05, 0) is 64.1 Å². The van der Waals surface area contributed by atoms with Crippen LogP contribution in [0.3, 0.4) is 0 Å². The first-order chi connectivity index (χ1) is 18.3. The molecule has 1 saturated carbocycles. The van der Waals surface area contributed by atoms with E-state index in [-0.39, 0.29) is 53.4 Å². The highest BCUT2D eigenvalue weighted by molar-refractivity contribution is 6.74. The molecular weight excluding hydrogens is 512 g/mol. The van der Waals surface area contributed by atoms with Crippen LogP contribution in [0.2, 0.25) is 18.1 Å². The summed E-state index contributed by atoms with van der Waals surface area (Å²) in [6, 6.07) is 0. The predicted molar refractivity (Wildman–Crippen MR) is 157 cm³/mol. The van der Waals surface area contributed by atoms with E-state index in [2.05, 4.69) is 33.9 Å². The number of rotatable bonds is 16. The summed E-state index contributed by atoms with van der Waals surface area (Å²) in [6.45, 7) is 18.1. The van der Waals surface area contributed by atoms with Gasteiger partial charge in [0.05, 0.1) is 12.2 Å². The lowest BCUT2D eigenvalue weighted by atomic mass is 9.89. The fraction of sp³-hybridized carbons (Fsp3) is 0.935. The van der Waals surface area contributed by atoms with Gasteiger partial charge in [-0.25, -0.2) is 0 Å². The van der Waals surface area contributed by atoms with Gasteiger partial charge in [-0.1, -0.05) is 52.9 Å². The van der Waals surface area contributed by atoms with Gasteiger partial charge in [0.25, 0.3) is 0 Å². The lowest BCUT2D eigenvalue weighted by molar-refractivity contribution is -0.198. The smallest absolute Gasteiger partial charge is 0.306 e. The van der Waals surface area contributed by atoms with Crippen LogP contribution in [0.15, 0.2) is 0 Å². The molecule has 1 saturated heterocycles. The van der Waals surface area contributed by atoms with Gasteiger partial charge >= 0.3 is 11.9 Å². The van der Waals surface area contributed by atoms with Crippen LogP contribution in [0, 0.1) is 11.8 Å². The Kier molecular flexibility index (Phi) is 14.5. The SMILES string of the molecule is CC(=O)OC1CC(OC2CCCCO2)C(CO[Si](C)(C)C(C)(C)C)C1CCCCCCCCC(=O)OC(C)C. The van der Waals surface area contributed by atoms with E-state index in [1.807, 2.05) is 13.8 Å². The van der Waals surface area contributed by atoms with E-state index in [0.717, 1.165) is 70.8 Å². The van der Waals surface area contributed by atoms with E-state index >= 15 is 0 Å². The zero-order valence-corrected chi connectivity index (χ0v) is 27.2. The maximum absolute atomic E-state index is 12.0. The molecule has 2 rings (SSSR count). The summed E-state index contributed by atoms with van der Waals surface area (Å²) in [5.41, 5.74) is 0. The molecule has 0 aromatic heterocycles. The number of hydrogen-bond donors (Lipinski definition) is 0. The average molecular weight is 571 g/mol. The highest BCUT2D eigenvalue weighted by atomic mass is 28.4. The van der Waals surface area contributed by atoms with E-state index in [9.17, 15) is 9.59 Å². The van der Waals surface area contributed by atoms with Crippen molar-refractivity contribution in [1.82, 2.24) is 0 Å². The second-order valence-electron chi connectivity index (χ2n) is 13.5. The Morgan fingerprint density at radius 3 is 2.21 bits per heavy atom. The first kappa shape index (κ1) is 34.2. The second-order valence-corrected chi connectivity index (χ2v) is 18.3. The van der Waals surface area contributed by atoms with Crippen molar-refractivity contribution in [3.63, 3.8) is 0 Å². The molecule has 1 aliphatic carbocycles. The van der Waals surface area contributed by atoms with Crippen molar-refractivity contribution >= 4 is 20.3 Å². The molecule has 0 aromatic carbocycles.